The zero-order valence-corrected chi connectivity index (χ0v) is 17.7. The van der Waals surface area contributed by atoms with Crippen LogP contribution in [0.15, 0.2) is 52.4 Å². The van der Waals surface area contributed by atoms with Gasteiger partial charge in [-0.2, -0.15) is 4.31 Å². The van der Waals surface area contributed by atoms with Crippen molar-refractivity contribution < 1.29 is 13.2 Å². The number of sulfonamides is 1. The van der Waals surface area contributed by atoms with Crippen LogP contribution >= 0.6 is 0 Å². The van der Waals surface area contributed by atoms with Gasteiger partial charge in [0.2, 0.25) is 10.0 Å². The average molecular weight is 412 g/mol. The van der Waals surface area contributed by atoms with E-state index < -0.39 is 15.7 Å². The molecule has 1 fully saturated rings. The molecule has 29 heavy (non-hydrogen) atoms. The van der Waals surface area contributed by atoms with Gasteiger partial charge < -0.3 is 5.32 Å². The summed E-state index contributed by atoms with van der Waals surface area (Å²) in [5.74, 6) is -0.197. The second-order valence-corrected chi connectivity index (χ2v) is 9.82. The molecule has 1 amide bonds. The Morgan fingerprint density at radius 2 is 1.59 bits per heavy atom. The Labute approximate surface area is 171 Å². The Hall–Kier alpha value is -2.51. The van der Waals surface area contributed by atoms with Crippen molar-refractivity contribution in [3.05, 3.63) is 64.7 Å². The third-order valence-electron chi connectivity index (χ3n) is 5.69. The van der Waals surface area contributed by atoms with Crippen LogP contribution in [0.1, 0.15) is 35.1 Å². The number of aliphatic imine (C=N–C) groups is 1. The predicted octanol–water partition coefficient (Wildman–Crippen LogP) is 2.71. The van der Waals surface area contributed by atoms with Crippen LogP contribution in [0, 0.1) is 20.8 Å². The molecule has 1 N–H and O–H groups in total. The van der Waals surface area contributed by atoms with E-state index in [9.17, 15) is 13.2 Å². The summed E-state index contributed by atoms with van der Waals surface area (Å²) in [5.41, 5.74) is 3.07. The number of amides is 1. The van der Waals surface area contributed by atoms with E-state index in [0.29, 0.717) is 36.5 Å². The molecule has 6 nitrogen and oxygen atoms in total. The minimum absolute atomic E-state index is 0.197. The first-order valence-corrected chi connectivity index (χ1v) is 11.2. The summed E-state index contributed by atoms with van der Waals surface area (Å²) in [6.45, 7) is 6.28. The lowest BCUT2D eigenvalue weighted by molar-refractivity contribution is -0.115. The molecule has 152 valence electrons. The number of nitrogens with one attached hydrogen (secondary N) is 1. The molecule has 2 aromatic carbocycles. The Morgan fingerprint density at radius 3 is 2.17 bits per heavy atom. The maximum Gasteiger partial charge on any atom is 0.272 e. The topological polar surface area (TPSA) is 78.8 Å². The van der Waals surface area contributed by atoms with Gasteiger partial charge in [0.15, 0.2) is 0 Å². The first-order valence-electron chi connectivity index (χ1n) is 9.78. The number of carbonyl (C=O) groups excluding carboxylic acids is 1. The van der Waals surface area contributed by atoms with E-state index in [4.69, 9.17) is 4.99 Å². The van der Waals surface area contributed by atoms with Crippen molar-refractivity contribution in [2.24, 2.45) is 4.99 Å². The van der Waals surface area contributed by atoms with Crippen molar-refractivity contribution in [2.45, 2.75) is 44.2 Å². The van der Waals surface area contributed by atoms with E-state index >= 15 is 0 Å². The van der Waals surface area contributed by atoms with Crippen LogP contribution in [0.2, 0.25) is 0 Å². The van der Waals surface area contributed by atoms with E-state index in [0.717, 1.165) is 22.3 Å². The maximum atomic E-state index is 13.3. The molecule has 2 aromatic rings. The van der Waals surface area contributed by atoms with Gasteiger partial charge in [-0.15, -0.1) is 0 Å². The van der Waals surface area contributed by atoms with Crippen LogP contribution in [0.5, 0.6) is 0 Å². The number of benzene rings is 2. The summed E-state index contributed by atoms with van der Waals surface area (Å²) in [6.07, 6.45) is 0.913. The highest BCUT2D eigenvalue weighted by Gasteiger charge is 2.44. The molecule has 0 aliphatic carbocycles. The highest BCUT2D eigenvalue weighted by Crippen LogP contribution is 2.33. The third kappa shape index (κ3) is 3.49. The lowest BCUT2D eigenvalue weighted by atomic mass is 10.00. The van der Waals surface area contributed by atoms with Gasteiger partial charge in [0.25, 0.3) is 5.91 Å². The van der Waals surface area contributed by atoms with Crippen molar-refractivity contribution in [1.82, 2.24) is 9.62 Å². The Morgan fingerprint density at radius 1 is 1.00 bits per heavy atom. The third-order valence-corrected chi connectivity index (χ3v) is 7.89. The van der Waals surface area contributed by atoms with Gasteiger partial charge in [-0.25, -0.2) is 8.42 Å². The van der Waals surface area contributed by atoms with Crippen molar-refractivity contribution >= 4 is 21.6 Å². The van der Waals surface area contributed by atoms with Crippen LogP contribution in [0.3, 0.4) is 0 Å². The van der Waals surface area contributed by atoms with Crippen LogP contribution in [-0.4, -0.2) is 43.1 Å². The van der Waals surface area contributed by atoms with Crippen LogP contribution in [-0.2, 0) is 14.8 Å². The molecular formula is C22H25N3O3S. The van der Waals surface area contributed by atoms with Gasteiger partial charge in [-0.1, -0.05) is 48.0 Å². The Kier molecular flexibility index (Phi) is 4.83. The van der Waals surface area contributed by atoms with Crippen LogP contribution in [0.25, 0.3) is 0 Å². The van der Waals surface area contributed by atoms with E-state index in [1.54, 1.807) is 0 Å². The van der Waals surface area contributed by atoms with Gasteiger partial charge >= 0.3 is 0 Å². The van der Waals surface area contributed by atoms with Crippen LogP contribution < -0.4 is 5.32 Å². The maximum absolute atomic E-state index is 13.3. The van der Waals surface area contributed by atoms with E-state index in [1.165, 1.54) is 4.31 Å². The summed E-state index contributed by atoms with van der Waals surface area (Å²) < 4.78 is 28.1. The summed E-state index contributed by atoms with van der Waals surface area (Å²) in [7, 11) is -3.59. The fraction of sp³-hybridized carbons (Fsp3) is 0.364. The number of piperidine rings is 1. The van der Waals surface area contributed by atoms with Gasteiger partial charge in [-0.05, 0) is 31.9 Å². The molecule has 0 atom stereocenters. The first kappa shape index (κ1) is 19.8. The van der Waals surface area contributed by atoms with Gasteiger partial charge in [0.1, 0.15) is 11.4 Å². The average Bonchev–Trinajstić information content (AvgIpc) is 2.97. The standard InChI is InChI=1S/C22H25N3O3S/c1-15-13-16(2)20(17(3)14-15)29(27,28)25-11-9-22(10-12-25)23-19(21(26)24-22)18-7-5-4-6-8-18/h4-8,13-14H,9-12H2,1-3H3,(H,24,26). The molecule has 1 spiro atoms. The lowest BCUT2D eigenvalue weighted by Crippen LogP contribution is -2.52. The molecule has 0 radical (unpaired) electrons. The molecule has 0 bridgehead atoms. The lowest BCUT2D eigenvalue weighted by Gasteiger charge is -2.36. The molecule has 1 saturated heterocycles. The number of nitrogens with zero attached hydrogens (tertiary/aromatic N) is 2. The molecule has 4 rings (SSSR count). The molecule has 2 aliphatic rings. The second kappa shape index (κ2) is 7.07. The summed E-state index contributed by atoms with van der Waals surface area (Å²) >= 11 is 0. The summed E-state index contributed by atoms with van der Waals surface area (Å²) in [6, 6.07) is 13.2. The minimum Gasteiger partial charge on any atom is -0.326 e. The van der Waals surface area contributed by atoms with Crippen molar-refractivity contribution in [2.75, 3.05) is 13.1 Å². The van der Waals surface area contributed by atoms with Gasteiger partial charge in [0.05, 0.1) is 4.90 Å². The fourth-order valence-electron chi connectivity index (χ4n) is 4.39. The van der Waals surface area contributed by atoms with E-state index in [2.05, 4.69) is 5.32 Å². The van der Waals surface area contributed by atoms with E-state index in [1.807, 2.05) is 63.2 Å². The zero-order chi connectivity index (χ0) is 20.8. The normalized spacial score (nSPS) is 19.3. The van der Waals surface area contributed by atoms with Crippen LogP contribution in [0.4, 0.5) is 0 Å². The fourth-order valence-corrected chi connectivity index (χ4v) is 6.24. The highest BCUT2D eigenvalue weighted by atomic mass is 32.2. The summed E-state index contributed by atoms with van der Waals surface area (Å²) in [5, 5.41) is 3.00. The van der Waals surface area contributed by atoms with Crippen molar-refractivity contribution in [3.8, 4) is 0 Å². The quantitative estimate of drug-likeness (QED) is 0.843. The largest absolute Gasteiger partial charge is 0.326 e. The molecular weight excluding hydrogens is 386 g/mol. The first-order chi connectivity index (χ1) is 13.7. The highest BCUT2D eigenvalue weighted by molar-refractivity contribution is 7.89. The Bertz CT molecular complexity index is 1080. The molecule has 2 heterocycles. The van der Waals surface area contributed by atoms with Gasteiger partial charge in [0, 0.05) is 31.5 Å². The van der Waals surface area contributed by atoms with E-state index in [-0.39, 0.29) is 5.91 Å². The van der Waals surface area contributed by atoms with Gasteiger partial charge in [-0.3, -0.25) is 9.79 Å². The number of carbonyl (C=O) groups is 1. The molecule has 0 unspecified atom stereocenters. The SMILES string of the molecule is Cc1cc(C)c(S(=O)(=O)N2CCC3(CC2)N=C(c2ccccc2)C(=O)N3)c(C)c1. The molecule has 0 aromatic heterocycles. The predicted molar refractivity (Wildman–Crippen MR) is 112 cm³/mol. The molecule has 0 saturated carbocycles. The van der Waals surface area contributed by atoms with Crippen molar-refractivity contribution in [1.29, 1.82) is 0 Å². The van der Waals surface area contributed by atoms with Crippen molar-refractivity contribution in [3.63, 3.8) is 0 Å². The smallest absolute Gasteiger partial charge is 0.272 e. The number of hydrogen-bond donors (Lipinski definition) is 1. The second-order valence-electron chi connectivity index (χ2n) is 7.94. The monoisotopic (exact) mass is 411 g/mol. The number of hydrogen-bond acceptors (Lipinski definition) is 4. The molecule has 2 aliphatic heterocycles. The molecule has 7 heteroatoms. The summed E-state index contributed by atoms with van der Waals surface area (Å²) in [4.78, 5) is 17.6. The Balaban J connectivity index is 1.57. The number of rotatable bonds is 3. The minimum atomic E-state index is -3.59. The zero-order valence-electron chi connectivity index (χ0n) is 16.9. The number of aryl methyl sites for hydroxylation is 3.